The first-order valence-electron chi connectivity index (χ1n) is 8.47. The lowest BCUT2D eigenvalue weighted by Crippen LogP contribution is -2.18. The first-order valence-corrected chi connectivity index (χ1v) is 9.94. The molecule has 140 valence electrons. The minimum atomic E-state index is -4.03. The molecule has 1 aliphatic rings. The summed E-state index contributed by atoms with van der Waals surface area (Å²) in [5, 5.41) is 9.00. The van der Waals surface area contributed by atoms with Gasteiger partial charge in [0.2, 0.25) is 11.7 Å². The summed E-state index contributed by atoms with van der Waals surface area (Å²) in [6, 6.07) is 16.5. The molecule has 0 aliphatic heterocycles. The first-order chi connectivity index (χ1) is 12.8. The van der Waals surface area contributed by atoms with Gasteiger partial charge in [-0.25, -0.2) is 0 Å². The number of nitrogens with zero attached hydrogens (tertiary/aromatic N) is 2. The van der Waals surface area contributed by atoms with Crippen LogP contribution in [-0.4, -0.2) is 18.6 Å². The maximum atomic E-state index is 11.0. The number of benzene rings is 2. The lowest BCUT2D eigenvalue weighted by molar-refractivity contribution is 0.368. The smallest absolute Gasteiger partial charge is 0.371 e. The van der Waals surface area contributed by atoms with Gasteiger partial charge < -0.3 is 8.71 Å². The normalized spacial score (nSPS) is 21.0. The molecule has 1 aromatic heterocycles. The van der Waals surface area contributed by atoms with E-state index in [0.29, 0.717) is 11.7 Å². The number of hydrogen-bond donors (Lipinski definition) is 1. The minimum Gasteiger partial charge on any atom is -0.371 e. The molecule has 2 N–H and O–H groups in total. The molecule has 2 aromatic carbocycles. The highest BCUT2D eigenvalue weighted by atomic mass is 32.2. The predicted molar refractivity (Wildman–Crippen MR) is 99.2 cm³/mol. The molecular weight excluding hydrogens is 366 g/mol. The van der Waals surface area contributed by atoms with Crippen LogP contribution in [0.1, 0.15) is 37.1 Å². The molecule has 0 saturated heterocycles. The third-order valence-electron chi connectivity index (χ3n) is 5.02. The lowest BCUT2D eigenvalue weighted by Gasteiger charge is -2.05. The summed E-state index contributed by atoms with van der Waals surface area (Å²) >= 11 is 0. The zero-order valence-electron chi connectivity index (χ0n) is 14.9. The lowest BCUT2D eigenvalue weighted by atomic mass is 10.0. The molecule has 0 radical (unpaired) electrons. The van der Waals surface area contributed by atoms with E-state index in [4.69, 9.17) is 9.66 Å². The molecule has 7 nitrogen and oxygen atoms in total. The molecule has 8 heteroatoms. The minimum absolute atomic E-state index is 0.0528. The van der Waals surface area contributed by atoms with E-state index < -0.39 is 10.3 Å². The van der Waals surface area contributed by atoms with Gasteiger partial charge >= 0.3 is 10.3 Å². The quantitative estimate of drug-likeness (QED) is 0.722. The Kier molecular flexibility index (Phi) is 4.05. The van der Waals surface area contributed by atoms with Crippen molar-refractivity contribution >= 4 is 10.3 Å². The van der Waals surface area contributed by atoms with Crippen LogP contribution in [0.4, 0.5) is 0 Å². The van der Waals surface area contributed by atoms with Crippen molar-refractivity contribution in [1.82, 2.24) is 10.1 Å². The van der Waals surface area contributed by atoms with Gasteiger partial charge in [-0.3, -0.25) is 0 Å². The number of hydrogen-bond acceptors (Lipinski definition) is 6. The van der Waals surface area contributed by atoms with Crippen LogP contribution in [0, 0.1) is 5.41 Å². The summed E-state index contributed by atoms with van der Waals surface area (Å²) < 4.78 is 32.3. The Balaban J connectivity index is 1.57. The Morgan fingerprint density at radius 2 is 1.70 bits per heavy atom. The molecule has 3 aromatic rings. The van der Waals surface area contributed by atoms with Gasteiger partial charge in [0.25, 0.3) is 0 Å². The van der Waals surface area contributed by atoms with Gasteiger partial charge in [-0.2, -0.15) is 18.5 Å². The highest BCUT2D eigenvalue weighted by molar-refractivity contribution is 7.84. The van der Waals surface area contributed by atoms with Gasteiger partial charge in [-0.15, -0.1) is 0 Å². The second-order valence-corrected chi connectivity index (χ2v) is 8.40. The molecule has 0 spiro atoms. The van der Waals surface area contributed by atoms with Gasteiger partial charge in [-0.1, -0.05) is 61.5 Å². The van der Waals surface area contributed by atoms with Gasteiger partial charge in [0.1, 0.15) is 5.75 Å². The fourth-order valence-corrected chi connectivity index (χ4v) is 4.03. The van der Waals surface area contributed by atoms with Gasteiger partial charge in [0.15, 0.2) is 0 Å². The first kappa shape index (κ1) is 17.7. The molecular formula is C19H19N3O4S. The van der Waals surface area contributed by atoms with Crippen molar-refractivity contribution < 1.29 is 17.1 Å². The largest absolute Gasteiger partial charge is 0.380 e. The van der Waals surface area contributed by atoms with Crippen molar-refractivity contribution in [2.45, 2.75) is 25.7 Å². The summed E-state index contributed by atoms with van der Waals surface area (Å²) in [6.45, 7) is 4.28. The van der Waals surface area contributed by atoms with Crippen LogP contribution in [-0.2, 0) is 10.3 Å². The van der Waals surface area contributed by atoms with Crippen LogP contribution < -0.4 is 9.32 Å². The van der Waals surface area contributed by atoms with Crippen LogP contribution in [0.5, 0.6) is 5.75 Å². The van der Waals surface area contributed by atoms with E-state index in [1.807, 2.05) is 42.5 Å². The van der Waals surface area contributed by atoms with Crippen molar-refractivity contribution in [3.63, 3.8) is 0 Å². The molecule has 1 heterocycles. The maximum Gasteiger partial charge on any atom is 0.380 e. The Morgan fingerprint density at radius 1 is 1.04 bits per heavy atom. The van der Waals surface area contributed by atoms with E-state index in [1.54, 1.807) is 12.1 Å². The third-order valence-corrected chi connectivity index (χ3v) is 5.44. The van der Waals surface area contributed by atoms with Gasteiger partial charge in [0.05, 0.1) is 5.92 Å². The van der Waals surface area contributed by atoms with Crippen LogP contribution in [0.25, 0.3) is 11.4 Å². The second-order valence-electron chi connectivity index (χ2n) is 7.24. The second kappa shape index (κ2) is 6.17. The van der Waals surface area contributed by atoms with Crippen molar-refractivity contribution in [3.05, 3.63) is 66.1 Å². The Morgan fingerprint density at radius 3 is 2.33 bits per heavy atom. The SMILES string of the molecule is CC1(C)[C@H](c2ccc(OS(N)(=O)=O)cc2)[C@H]1c1nc(-c2ccccc2)no1. The van der Waals surface area contributed by atoms with Crippen LogP contribution >= 0.6 is 0 Å². The average molecular weight is 385 g/mol. The number of aromatic nitrogens is 2. The number of rotatable bonds is 5. The van der Waals surface area contributed by atoms with E-state index >= 15 is 0 Å². The molecule has 1 fully saturated rings. The molecule has 4 rings (SSSR count). The molecule has 0 unspecified atom stereocenters. The summed E-state index contributed by atoms with van der Waals surface area (Å²) in [6.07, 6.45) is 0. The van der Waals surface area contributed by atoms with Crippen molar-refractivity contribution in [2.75, 3.05) is 0 Å². The van der Waals surface area contributed by atoms with E-state index in [1.165, 1.54) is 0 Å². The van der Waals surface area contributed by atoms with Gasteiger partial charge in [-0.05, 0) is 23.1 Å². The summed E-state index contributed by atoms with van der Waals surface area (Å²) in [4.78, 5) is 4.58. The molecule has 27 heavy (non-hydrogen) atoms. The summed E-state index contributed by atoms with van der Waals surface area (Å²) in [5.41, 5.74) is 1.90. The Hall–Kier alpha value is -2.71. The Labute approximate surface area is 157 Å². The fourth-order valence-electron chi connectivity index (χ4n) is 3.65. The zero-order valence-corrected chi connectivity index (χ0v) is 15.7. The maximum absolute atomic E-state index is 11.0. The van der Waals surface area contributed by atoms with E-state index in [2.05, 4.69) is 28.2 Å². The zero-order chi connectivity index (χ0) is 19.2. The number of nitrogens with two attached hydrogens (primary N) is 1. The van der Waals surface area contributed by atoms with Crippen molar-refractivity contribution in [2.24, 2.45) is 10.6 Å². The molecule has 2 atom stereocenters. The van der Waals surface area contributed by atoms with Crippen LogP contribution in [0.3, 0.4) is 0 Å². The van der Waals surface area contributed by atoms with E-state index in [-0.39, 0.29) is 23.0 Å². The highest BCUT2D eigenvalue weighted by Crippen LogP contribution is 2.69. The fraction of sp³-hybridized carbons (Fsp3) is 0.263. The topological polar surface area (TPSA) is 108 Å². The van der Waals surface area contributed by atoms with Crippen molar-refractivity contribution in [1.29, 1.82) is 0 Å². The predicted octanol–water partition coefficient (Wildman–Crippen LogP) is 3.23. The van der Waals surface area contributed by atoms with E-state index in [0.717, 1.165) is 11.1 Å². The Bertz CT molecular complexity index is 1060. The standard InChI is InChI=1S/C19H19N3O4S/c1-19(2)15(12-8-10-14(11-9-12)26-27(20,23)24)16(19)18-21-17(22-25-18)13-6-4-3-5-7-13/h3-11,15-16H,1-2H3,(H2,20,23,24)/t15-,16+/m1/s1. The monoisotopic (exact) mass is 385 g/mol. The van der Waals surface area contributed by atoms with Crippen LogP contribution in [0.15, 0.2) is 59.1 Å². The van der Waals surface area contributed by atoms with Gasteiger partial charge in [0, 0.05) is 11.5 Å². The average Bonchev–Trinajstić information content (AvgIpc) is 2.96. The molecule has 1 aliphatic carbocycles. The van der Waals surface area contributed by atoms with Crippen molar-refractivity contribution in [3.8, 4) is 17.1 Å². The molecule has 0 bridgehead atoms. The summed E-state index contributed by atoms with van der Waals surface area (Å²) in [7, 11) is -4.03. The summed E-state index contributed by atoms with van der Waals surface area (Å²) in [5.74, 6) is 1.63. The third kappa shape index (κ3) is 3.45. The van der Waals surface area contributed by atoms with Crippen LogP contribution in [0.2, 0.25) is 0 Å². The van der Waals surface area contributed by atoms with E-state index in [9.17, 15) is 8.42 Å². The molecule has 1 saturated carbocycles. The highest BCUT2D eigenvalue weighted by Gasteiger charge is 2.62. The molecule has 0 amide bonds.